The summed E-state index contributed by atoms with van der Waals surface area (Å²) in [5.41, 5.74) is 5.06. The standard InChI is InChI=1S/C23H25N3O3/c1-3-29-21-9-7-18(12-19(21)8-10-22(27)28)20-14-25-23(26-15-20)24-13-17-6-4-5-16(2)11-17/h4-7,9,11-12,14-15H,3,8,10,13H2,1-2H3,(H,27,28)(H,24,25,26). The fraction of sp³-hybridized carbons (Fsp3) is 0.261. The molecule has 0 saturated carbocycles. The van der Waals surface area contributed by atoms with Crippen molar-refractivity contribution in [3.8, 4) is 16.9 Å². The number of ether oxygens (including phenoxy) is 1. The van der Waals surface area contributed by atoms with Gasteiger partial charge in [-0.3, -0.25) is 4.79 Å². The average molecular weight is 391 g/mol. The van der Waals surface area contributed by atoms with E-state index in [1.807, 2.05) is 31.2 Å². The molecule has 0 radical (unpaired) electrons. The molecule has 0 aliphatic rings. The molecule has 3 rings (SSSR count). The minimum atomic E-state index is -0.828. The number of aromatic nitrogens is 2. The first-order chi connectivity index (χ1) is 14.0. The number of carbonyl (C=O) groups is 1. The van der Waals surface area contributed by atoms with Crippen LogP contribution >= 0.6 is 0 Å². The molecule has 1 aromatic heterocycles. The van der Waals surface area contributed by atoms with Gasteiger partial charge in [0.2, 0.25) is 5.95 Å². The van der Waals surface area contributed by atoms with E-state index >= 15 is 0 Å². The molecule has 0 aliphatic heterocycles. The first-order valence-electron chi connectivity index (χ1n) is 9.64. The van der Waals surface area contributed by atoms with E-state index in [2.05, 4.69) is 40.4 Å². The molecule has 0 amide bonds. The van der Waals surface area contributed by atoms with E-state index in [-0.39, 0.29) is 6.42 Å². The van der Waals surface area contributed by atoms with Gasteiger partial charge in [-0.2, -0.15) is 0 Å². The van der Waals surface area contributed by atoms with Crippen molar-refractivity contribution in [1.82, 2.24) is 9.97 Å². The predicted molar refractivity (Wildman–Crippen MR) is 113 cm³/mol. The Morgan fingerprint density at radius 2 is 1.90 bits per heavy atom. The third-order valence-corrected chi connectivity index (χ3v) is 4.49. The number of aryl methyl sites for hydroxylation is 2. The molecule has 0 fully saturated rings. The maximum atomic E-state index is 10.9. The number of nitrogens with one attached hydrogen (secondary N) is 1. The Kier molecular flexibility index (Phi) is 6.79. The van der Waals surface area contributed by atoms with E-state index in [4.69, 9.17) is 9.84 Å². The Morgan fingerprint density at radius 1 is 1.10 bits per heavy atom. The van der Waals surface area contributed by atoms with E-state index in [1.54, 1.807) is 12.4 Å². The highest BCUT2D eigenvalue weighted by molar-refractivity contribution is 5.68. The molecule has 1 heterocycles. The van der Waals surface area contributed by atoms with Crippen molar-refractivity contribution in [1.29, 1.82) is 0 Å². The van der Waals surface area contributed by atoms with Crippen LogP contribution in [-0.2, 0) is 17.8 Å². The van der Waals surface area contributed by atoms with Crippen LogP contribution in [0.1, 0.15) is 30.0 Å². The van der Waals surface area contributed by atoms with E-state index in [0.29, 0.717) is 25.5 Å². The number of hydrogen-bond acceptors (Lipinski definition) is 5. The minimum absolute atomic E-state index is 0.0574. The Hall–Kier alpha value is -3.41. The third kappa shape index (κ3) is 5.78. The number of aliphatic carboxylic acids is 1. The molecule has 0 spiro atoms. The number of nitrogens with zero attached hydrogens (tertiary/aromatic N) is 2. The summed E-state index contributed by atoms with van der Waals surface area (Å²) in [6.07, 6.45) is 4.00. The number of carboxylic acids is 1. The summed E-state index contributed by atoms with van der Waals surface area (Å²) in [6.45, 7) is 5.16. The van der Waals surface area contributed by atoms with Crippen molar-refractivity contribution >= 4 is 11.9 Å². The number of anilines is 1. The normalized spacial score (nSPS) is 10.6. The molecule has 2 N–H and O–H groups in total. The van der Waals surface area contributed by atoms with Crippen molar-refractivity contribution in [2.24, 2.45) is 0 Å². The molecule has 150 valence electrons. The van der Waals surface area contributed by atoms with Crippen LogP contribution in [0, 0.1) is 6.92 Å². The average Bonchev–Trinajstić information content (AvgIpc) is 2.72. The lowest BCUT2D eigenvalue weighted by atomic mass is 10.0. The van der Waals surface area contributed by atoms with E-state index < -0.39 is 5.97 Å². The fourth-order valence-electron chi connectivity index (χ4n) is 3.06. The number of rotatable bonds is 9. The highest BCUT2D eigenvalue weighted by Gasteiger charge is 2.09. The smallest absolute Gasteiger partial charge is 0.303 e. The second-order valence-corrected chi connectivity index (χ2v) is 6.79. The van der Waals surface area contributed by atoms with Crippen LogP contribution in [0.3, 0.4) is 0 Å². The summed E-state index contributed by atoms with van der Waals surface area (Å²) in [5, 5.41) is 12.2. The van der Waals surface area contributed by atoms with Crippen LogP contribution in [0.5, 0.6) is 5.75 Å². The summed E-state index contributed by atoms with van der Waals surface area (Å²) < 4.78 is 5.63. The molecule has 29 heavy (non-hydrogen) atoms. The van der Waals surface area contributed by atoms with Crippen molar-refractivity contribution in [3.05, 3.63) is 71.5 Å². The zero-order valence-corrected chi connectivity index (χ0v) is 16.7. The van der Waals surface area contributed by atoms with Crippen molar-refractivity contribution in [2.75, 3.05) is 11.9 Å². The van der Waals surface area contributed by atoms with Crippen LogP contribution in [0.4, 0.5) is 5.95 Å². The van der Waals surface area contributed by atoms with Crippen LogP contribution in [0.25, 0.3) is 11.1 Å². The van der Waals surface area contributed by atoms with Gasteiger partial charge >= 0.3 is 5.97 Å². The fourth-order valence-corrected chi connectivity index (χ4v) is 3.06. The summed E-state index contributed by atoms with van der Waals surface area (Å²) in [4.78, 5) is 19.8. The SMILES string of the molecule is CCOc1ccc(-c2cnc(NCc3cccc(C)c3)nc2)cc1CCC(=O)O. The molecule has 0 aliphatic carbocycles. The van der Waals surface area contributed by atoms with E-state index in [9.17, 15) is 4.79 Å². The van der Waals surface area contributed by atoms with Crippen LogP contribution in [-0.4, -0.2) is 27.7 Å². The molecule has 3 aromatic rings. The lowest BCUT2D eigenvalue weighted by molar-refractivity contribution is -0.136. The maximum absolute atomic E-state index is 10.9. The lowest BCUT2D eigenvalue weighted by Gasteiger charge is -2.12. The lowest BCUT2D eigenvalue weighted by Crippen LogP contribution is -2.04. The van der Waals surface area contributed by atoms with Gasteiger partial charge in [0.25, 0.3) is 0 Å². The number of benzene rings is 2. The topological polar surface area (TPSA) is 84.3 Å². The van der Waals surface area contributed by atoms with Crippen LogP contribution in [0.15, 0.2) is 54.9 Å². The second-order valence-electron chi connectivity index (χ2n) is 6.79. The first kappa shape index (κ1) is 20.3. The zero-order valence-electron chi connectivity index (χ0n) is 16.7. The molecule has 0 unspecified atom stereocenters. The molecular weight excluding hydrogens is 366 g/mol. The highest BCUT2D eigenvalue weighted by Crippen LogP contribution is 2.27. The monoisotopic (exact) mass is 391 g/mol. The van der Waals surface area contributed by atoms with Gasteiger partial charge in [0.05, 0.1) is 6.61 Å². The molecule has 0 saturated heterocycles. The molecule has 0 atom stereocenters. The van der Waals surface area contributed by atoms with Crippen LogP contribution in [0.2, 0.25) is 0 Å². The van der Waals surface area contributed by atoms with Crippen LogP contribution < -0.4 is 10.1 Å². The Balaban J connectivity index is 1.72. The van der Waals surface area contributed by atoms with Crippen molar-refractivity contribution < 1.29 is 14.6 Å². The van der Waals surface area contributed by atoms with Gasteiger partial charge in [0.1, 0.15) is 5.75 Å². The summed E-state index contributed by atoms with van der Waals surface area (Å²) in [6, 6.07) is 14.0. The summed E-state index contributed by atoms with van der Waals surface area (Å²) in [7, 11) is 0. The number of carboxylic acid groups (broad SMARTS) is 1. The van der Waals surface area contributed by atoms with Crippen molar-refractivity contribution in [2.45, 2.75) is 33.2 Å². The third-order valence-electron chi connectivity index (χ3n) is 4.49. The second kappa shape index (κ2) is 9.68. The molecule has 6 nitrogen and oxygen atoms in total. The van der Waals surface area contributed by atoms with E-state index in [0.717, 1.165) is 22.4 Å². The van der Waals surface area contributed by atoms with Gasteiger partial charge in [-0.15, -0.1) is 0 Å². The van der Waals surface area contributed by atoms with Gasteiger partial charge < -0.3 is 15.2 Å². The molecule has 0 bridgehead atoms. The zero-order chi connectivity index (χ0) is 20.6. The Labute approximate surface area is 170 Å². The minimum Gasteiger partial charge on any atom is -0.494 e. The van der Waals surface area contributed by atoms with Gasteiger partial charge in [-0.25, -0.2) is 9.97 Å². The summed E-state index contributed by atoms with van der Waals surface area (Å²) >= 11 is 0. The van der Waals surface area contributed by atoms with E-state index in [1.165, 1.54) is 11.1 Å². The summed E-state index contributed by atoms with van der Waals surface area (Å²) in [5.74, 6) is 0.451. The van der Waals surface area contributed by atoms with Gasteiger partial charge in [-0.1, -0.05) is 35.9 Å². The van der Waals surface area contributed by atoms with Crippen molar-refractivity contribution in [3.63, 3.8) is 0 Å². The van der Waals surface area contributed by atoms with Gasteiger partial charge in [0, 0.05) is 30.9 Å². The maximum Gasteiger partial charge on any atom is 0.303 e. The van der Waals surface area contributed by atoms with Gasteiger partial charge in [0.15, 0.2) is 0 Å². The molecule has 6 heteroatoms. The highest BCUT2D eigenvalue weighted by atomic mass is 16.5. The first-order valence-corrected chi connectivity index (χ1v) is 9.64. The molecule has 2 aromatic carbocycles. The molecular formula is C23H25N3O3. The number of hydrogen-bond donors (Lipinski definition) is 2. The predicted octanol–water partition coefficient (Wildman–Crippen LogP) is 4.48. The Morgan fingerprint density at radius 3 is 2.59 bits per heavy atom. The largest absolute Gasteiger partial charge is 0.494 e. The van der Waals surface area contributed by atoms with Gasteiger partial charge in [-0.05, 0) is 49.1 Å². The quantitative estimate of drug-likeness (QED) is 0.559. The Bertz CT molecular complexity index is 971.